The molecule has 0 aromatic heterocycles. The van der Waals surface area contributed by atoms with Crippen LogP contribution in [0.4, 0.5) is 0 Å². The highest BCUT2D eigenvalue weighted by Gasteiger charge is 2.39. The van der Waals surface area contributed by atoms with Crippen LogP contribution in [0, 0.1) is 5.41 Å². The molecule has 2 aliphatic rings. The van der Waals surface area contributed by atoms with E-state index in [0.717, 1.165) is 5.02 Å². The van der Waals surface area contributed by atoms with E-state index in [1.807, 2.05) is 12.1 Å². The van der Waals surface area contributed by atoms with Gasteiger partial charge in [-0.1, -0.05) is 36.6 Å². The van der Waals surface area contributed by atoms with Crippen LogP contribution in [0.3, 0.4) is 0 Å². The summed E-state index contributed by atoms with van der Waals surface area (Å²) >= 11 is 6.02. The third-order valence-corrected chi connectivity index (χ3v) is 5.88. The predicted molar refractivity (Wildman–Crippen MR) is 89.6 cm³/mol. The zero-order valence-electron chi connectivity index (χ0n) is 13.0. The fourth-order valence-corrected chi connectivity index (χ4v) is 4.53. The molecule has 1 aromatic rings. The first-order chi connectivity index (χ1) is 10.1. The van der Waals surface area contributed by atoms with Gasteiger partial charge in [0.1, 0.15) is 0 Å². The number of rotatable bonds is 3. The number of likely N-dealkylation sites (tertiary alicyclic amines) is 1. The topological polar surface area (TPSA) is 29.3 Å². The maximum absolute atomic E-state index is 6.31. The monoisotopic (exact) mass is 306 g/mol. The van der Waals surface area contributed by atoms with Crippen molar-refractivity contribution in [3.63, 3.8) is 0 Å². The van der Waals surface area contributed by atoms with Crippen molar-refractivity contribution in [3.05, 3.63) is 34.9 Å². The van der Waals surface area contributed by atoms with Gasteiger partial charge in [-0.05, 0) is 68.8 Å². The highest BCUT2D eigenvalue weighted by molar-refractivity contribution is 6.30. The van der Waals surface area contributed by atoms with E-state index < -0.39 is 0 Å². The maximum atomic E-state index is 6.31. The second-order valence-corrected chi connectivity index (χ2v) is 7.54. The summed E-state index contributed by atoms with van der Waals surface area (Å²) in [6.07, 6.45) is 8.48. The first-order valence-corrected chi connectivity index (χ1v) is 8.73. The lowest BCUT2D eigenvalue weighted by Crippen LogP contribution is -2.46. The average molecular weight is 307 g/mol. The van der Waals surface area contributed by atoms with Gasteiger partial charge in [0.15, 0.2) is 0 Å². The normalized spacial score (nSPS) is 25.1. The molecule has 0 radical (unpaired) electrons. The molecule has 1 aliphatic carbocycles. The van der Waals surface area contributed by atoms with Crippen LogP contribution in [0.2, 0.25) is 5.02 Å². The van der Waals surface area contributed by atoms with Crippen molar-refractivity contribution in [2.75, 3.05) is 13.1 Å². The van der Waals surface area contributed by atoms with Crippen LogP contribution in [-0.4, -0.2) is 24.0 Å². The summed E-state index contributed by atoms with van der Waals surface area (Å²) in [6, 6.07) is 8.69. The zero-order chi connectivity index (χ0) is 14.9. The van der Waals surface area contributed by atoms with Crippen LogP contribution in [0.1, 0.15) is 57.1 Å². The highest BCUT2D eigenvalue weighted by atomic mass is 35.5. The first kappa shape index (κ1) is 15.3. The van der Waals surface area contributed by atoms with Gasteiger partial charge in [0.25, 0.3) is 0 Å². The Balaban J connectivity index is 1.72. The molecule has 2 N–H and O–H groups in total. The van der Waals surface area contributed by atoms with Gasteiger partial charge in [-0.3, -0.25) is 4.90 Å². The molecule has 0 bridgehead atoms. The number of nitrogens with zero attached hydrogens (tertiary/aromatic N) is 1. The summed E-state index contributed by atoms with van der Waals surface area (Å²) in [5.41, 5.74) is 8.28. The van der Waals surface area contributed by atoms with Gasteiger partial charge >= 0.3 is 0 Å². The lowest BCUT2D eigenvalue weighted by atomic mass is 9.76. The summed E-state index contributed by atoms with van der Waals surface area (Å²) in [4.78, 5) is 2.59. The molecular weight excluding hydrogens is 280 g/mol. The molecule has 3 heteroatoms. The van der Waals surface area contributed by atoms with Crippen molar-refractivity contribution in [1.82, 2.24) is 4.90 Å². The second-order valence-electron chi connectivity index (χ2n) is 7.10. The molecule has 2 unspecified atom stereocenters. The Bertz CT molecular complexity index is 453. The van der Waals surface area contributed by atoms with Crippen LogP contribution in [0.25, 0.3) is 0 Å². The van der Waals surface area contributed by atoms with E-state index in [1.54, 1.807) is 0 Å². The van der Waals surface area contributed by atoms with Gasteiger partial charge in [0.05, 0.1) is 0 Å². The molecule has 2 nitrogen and oxygen atoms in total. The fourth-order valence-electron chi connectivity index (χ4n) is 4.41. The van der Waals surface area contributed by atoms with Gasteiger partial charge < -0.3 is 5.73 Å². The van der Waals surface area contributed by atoms with Crippen LogP contribution in [0.15, 0.2) is 24.3 Å². The Hall–Kier alpha value is -0.570. The molecular formula is C18H27ClN2. The van der Waals surface area contributed by atoms with E-state index in [9.17, 15) is 0 Å². The van der Waals surface area contributed by atoms with Crippen LogP contribution in [-0.2, 0) is 0 Å². The van der Waals surface area contributed by atoms with E-state index in [4.69, 9.17) is 17.3 Å². The predicted octanol–water partition coefficient (Wildman–Crippen LogP) is 4.38. The van der Waals surface area contributed by atoms with E-state index in [2.05, 4.69) is 24.0 Å². The summed E-state index contributed by atoms with van der Waals surface area (Å²) in [7, 11) is 0. The molecule has 2 atom stereocenters. The van der Waals surface area contributed by atoms with Crippen molar-refractivity contribution in [2.45, 2.75) is 57.5 Å². The Morgan fingerprint density at radius 3 is 2.14 bits per heavy atom. The van der Waals surface area contributed by atoms with Gasteiger partial charge in [-0.2, -0.15) is 0 Å². The SMILES string of the molecule is CC(N)C(c1ccc(Cl)cc1)N1CCC2(CCCC2)CC1. The largest absolute Gasteiger partial charge is 0.326 e. The average Bonchev–Trinajstić information content (AvgIpc) is 2.92. The van der Waals surface area contributed by atoms with E-state index in [0.29, 0.717) is 11.5 Å². The maximum Gasteiger partial charge on any atom is 0.0496 e. The van der Waals surface area contributed by atoms with Crippen molar-refractivity contribution >= 4 is 11.6 Å². The Morgan fingerprint density at radius 2 is 1.62 bits per heavy atom. The smallest absolute Gasteiger partial charge is 0.0496 e. The molecule has 116 valence electrons. The van der Waals surface area contributed by atoms with Crippen molar-refractivity contribution in [2.24, 2.45) is 11.1 Å². The minimum Gasteiger partial charge on any atom is -0.326 e. The number of benzene rings is 1. The van der Waals surface area contributed by atoms with E-state index in [-0.39, 0.29) is 6.04 Å². The lowest BCUT2D eigenvalue weighted by molar-refractivity contribution is 0.0677. The van der Waals surface area contributed by atoms with Crippen molar-refractivity contribution < 1.29 is 0 Å². The summed E-state index contributed by atoms with van der Waals surface area (Å²) in [5.74, 6) is 0. The standard InChI is InChI=1S/C18H27ClN2/c1-14(20)17(15-4-6-16(19)7-5-15)21-12-10-18(11-13-21)8-2-3-9-18/h4-7,14,17H,2-3,8-13,20H2,1H3. The number of hydrogen-bond acceptors (Lipinski definition) is 2. The number of piperidine rings is 1. The molecule has 1 saturated heterocycles. The molecule has 1 spiro atoms. The van der Waals surface area contributed by atoms with E-state index >= 15 is 0 Å². The fraction of sp³-hybridized carbons (Fsp3) is 0.667. The minimum absolute atomic E-state index is 0.142. The Labute approximate surface area is 133 Å². The van der Waals surface area contributed by atoms with Crippen LogP contribution >= 0.6 is 11.6 Å². The number of hydrogen-bond donors (Lipinski definition) is 1. The molecule has 1 aliphatic heterocycles. The van der Waals surface area contributed by atoms with Gasteiger partial charge in [-0.15, -0.1) is 0 Å². The minimum atomic E-state index is 0.142. The second kappa shape index (κ2) is 6.28. The van der Waals surface area contributed by atoms with Gasteiger partial charge in [0, 0.05) is 17.1 Å². The molecule has 1 aromatic carbocycles. The third-order valence-electron chi connectivity index (χ3n) is 5.63. The zero-order valence-corrected chi connectivity index (χ0v) is 13.8. The van der Waals surface area contributed by atoms with E-state index in [1.165, 1.54) is 57.2 Å². The third kappa shape index (κ3) is 3.28. The molecule has 3 rings (SSSR count). The van der Waals surface area contributed by atoms with Gasteiger partial charge in [-0.25, -0.2) is 0 Å². The van der Waals surface area contributed by atoms with Crippen molar-refractivity contribution in [1.29, 1.82) is 0 Å². The Morgan fingerprint density at radius 1 is 1.05 bits per heavy atom. The molecule has 1 saturated carbocycles. The first-order valence-electron chi connectivity index (χ1n) is 8.35. The molecule has 0 amide bonds. The number of nitrogens with two attached hydrogens (primary N) is 1. The summed E-state index contributed by atoms with van der Waals surface area (Å²) < 4.78 is 0. The summed E-state index contributed by atoms with van der Waals surface area (Å²) in [5, 5.41) is 0.797. The van der Waals surface area contributed by atoms with Crippen LogP contribution < -0.4 is 5.73 Å². The summed E-state index contributed by atoms with van der Waals surface area (Å²) in [6.45, 7) is 4.50. The Kier molecular flexibility index (Phi) is 4.58. The van der Waals surface area contributed by atoms with Crippen LogP contribution in [0.5, 0.6) is 0 Å². The quantitative estimate of drug-likeness (QED) is 0.897. The lowest BCUT2D eigenvalue weighted by Gasteiger charge is -2.44. The van der Waals surface area contributed by atoms with Crippen molar-refractivity contribution in [3.8, 4) is 0 Å². The molecule has 21 heavy (non-hydrogen) atoms. The number of halogens is 1. The molecule has 1 heterocycles. The van der Waals surface area contributed by atoms with Gasteiger partial charge in [0.2, 0.25) is 0 Å². The highest BCUT2D eigenvalue weighted by Crippen LogP contribution is 2.47. The molecule has 2 fully saturated rings.